The predicted octanol–water partition coefficient (Wildman–Crippen LogP) is 0.551. The molecule has 1 amide bonds. The number of thiophene rings is 1. The van der Waals surface area contributed by atoms with Gasteiger partial charge in [-0.3, -0.25) is 9.59 Å². The van der Waals surface area contributed by atoms with Gasteiger partial charge in [0.15, 0.2) is 0 Å². The first-order valence-electron chi connectivity index (χ1n) is 5.91. The van der Waals surface area contributed by atoms with Gasteiger partial charge in [-0.15, -0.1) is 11.3 Å². The molecule has 2 aromatic heterocycles. The van der Waals surface area contributed by atoms with Crippen LogP contribution in [0.3, 0.4) is 0 Å². The summed E-state index contributed by atoms with van der Waals surface area (Å²) in [5, 5.41) is 4.71. The Morgan fingerprint density at radius 3 is 3.05 bits per heavy atom. The second-order valence-electron chi connectivity index (χ2n) is 4.35. The lowest BCUT2D eigenvalue weighted by Crippen LogP contribution is -2.41. The van der Waals surface area contributed by atoms with Crippen molar-refractivity contribution in [3.63, 3.8) is 0 Å². The number of hydrogen-bond donors (Lipinski definition) is 2. The number of H-pyrrole nitrogens is 1. The molecule has 19 heavy (non-hydrogen) atoms. The highest BCUT2D eigenvalue weighted by atomic mass is 32.1. The number of aromatic nitrogens is 2. The van der Waals surface area contributed by atoms with Gasteiger partial charge in [0.05, 0.1) is 18.1 Å². The molecule has 7 heteroatoms. The van der Waals surface area contributed by atoms with Crippen molar-refractivity contribution in [3.05, 3.63) is 27.6 Å². The molecule has 1 atom stereocenters. The van der Waals surface area contributed by atoms with Crippen LogP contribution in [0.4, 0.5) is 0 Å². The largest absolute Gasteiger partial charge is 0.337 e. The molecule has 0 saturated heterocycles. The highest BCUT2D eigenvalue weighted by molar-refractivity contribution is 7.17. The molecule has 2 aromatic rings. The minimum absolute atomic E-state index is 0.0458. The van der Waals surface area contributed by atoms with E-state index in [4.69, 9.17) is 0 Å². The van der Waals surface area contributed by atoms with Crippen molar-refractivity contribution in [2.24, 2.45) is 0 Å². The quantitative estimate of drug-likeness (QED) is 0.857. The third-order valence-electron chi connectivity index (χ3n) is 2.93. The van der Waals surface area contributed by atoms with Crippen molar-refractivity contribution in [3.8, 4) is 0 Å². The zero-order chi connectivity index (χ0) is 14.0. The maximum Gasteiger partial charge on any atom is 0.268 e. The van der Waals surface area contributed by atoms with Crippen molar-refractivity contribution < 1.29 is 4.79 Å². The van der Waals surface area contributed by atoms with Crippen LogP contribution < -0.4 is 10.9 Å². The van der Waals surface area contributed by atoms with E-state index in [0.29, 0.717) is 16.0 Å². The van der Waals surface area contributed by atoms with E-state index in [0.717, 1.165) is 0 Å². The molecule has 0 aromatic carbocycles. The van der Waals surface area contributed by atoms with Gasteiger partial charge in [0, 0.05) is 7.05 Å². The average molecular weight is 280 g/mol. The van der Waals surface area contributed by atoms with Gasteiger partial charge in [-0.05, 0) is 25.4 Å². The Balaban J connectivity index is 2.21. The first kappa shape index (κ1) is 13.7. The van der Waals surface area contributed by atoms with Crippen molar-refractivity contribution in [2.45, 2.75) is 19.5 Å². The van der Waals surface area contributed by atoms with Gasteiger partial charge in [-0.2, -0.15) is 0 Å². The molecular weight excluding hydrogens is 264 g/mol. The molecule has 0 aliphatic carbocycles. The maximum atomic E-state index is 11.9. The zero-order valence-corrected chi connectivity index (χ0v) is 11.9. The maximum absolute atomic E-state index is 11.9. The Hall–Kier alpha value is -1.73. The third kappa shape index (κ3) is 2.82. The lowest BCUT2D eigenvalue weighted by molar-refractivity contribution is -0.132. The summed E-state index contributed by atoms with van der Waals surface area (Å²) in [6.07, 6.45) is 0. The van der Waals surface area contributed by atoms with E-state index in [2.05, 4.69) is 15.3 Å². The number of carbonyl (C=O) groups is 1. The van der Waals surface area contributed by atoms with Gasteiger partial charge >= 0.3 is 0 Å². The lowest BCUT2D eigenvalue weighted by Gasteiger charge is -2.20. The van der Waals surface area contributed by atoms with E-state index in [-0.39, 0.29) is 24.1 Å². The topological polar surface area (TPSA) is 78.1 Å². The van der Waals surface area contributed by atoms with E-state index >= 15 is 0 Å². The van der Waals surface area contributed by atoms with Gasteiger partial charge in [0.25, 0.3) is 5.56 Å². The number of nitrogens with zero attached hydrogens (tertiary/aromatic N) is 2. The van der Waals surface area contributed by atoms with Crippen LogP contribution in [0.15, 0.2) is 16.2 Å². The molecule has 1 unspecified atom stereocenters. The summed E-state index contributed by atoms with van der Waals surface area (Å²) >= 11 is 1.36. The number of rotatable bonds is 4. The molecule has 102 valence electrons. The van der Waals surface area contributed by atoms with E-state index < -0.39 is 0 Å². The average Bonchev–Trinajstić information content (AvgIpc) is 2.85. The molecule has 0 spiro atoms. The second-order valence-corrected chi connectivity index (χ2v) is 5.27. The summed E-state index contributed by atoms with van der Waals surface area (Å²) in [6, 6.07) is 1.54. The standard InChI is InChI=1S/C12H16N4O2S/c1-7(13-2)12(18)16(3)6-9-14-8-4-5-19-10(8)11(17)15-9/h4-5,7,13H,6H2,1-3H3,(H,14,15,17). The summed E-state index contributed by atoms with van der Waals surface area (Å²) < 4.78 is 0.612. The molecule has 0 aliphatic heterocycles. The van der Waals surface area contributed by atoms with Crippen LogP contribution >= 0.6 is 11.3 Å². The van der Waals surface area contributed by atoms with Crippen LogP contribution in [-0.2, 0) is 11.3 Å². The number of likely N-dealkylation sites (N-methyl/N-ethyl adjacent to an activating group) is 2. The highest BCUT2D eigenvalue weighted by Crippen LogP contribution is 2.14. The fourth-order valence-corrected chi connectivity index (χ4v) is 2.48. The molecule has 0 saturated carbocycles. The van der Waals surface area contributed by atoms with E-state index in [1.807, 2.05) is 5.38 Å². The van der Waals surface area contributed by atoms with E-state index in [1.165, 1.54) is 16.2 Å². The number of aromatic amines is 1. The van der Waals surface area contributed by atoms with Crippen molar-refractivity contribution >= 4 is 27.5 Å². The zero-order valence-electron chi connectivity index (χ0n) is 11.1. The lowest BCUT2D eigenvalue weighted by atomic mass is 10.3. The first-order valence-corrected chi connectivity index (χ1v) is 6.79. The molecule has 0 radical (unpaired) electrons. The Morgan fingerprint density at radius 2 is 2.37 bits per heavy atom. The number of fused-ring (bicyclic) bond motifs is 1. The van der Waals surface area contributed by atoms with Gasteiger partial charge < -0.3 is 15.2 Å². The summed E-state index contributed by atoms with van der Waals surface area (Å²) in [5.41, 5.74) is 0.517. The Kier molecular flexibility index (Phi) is 3.96. The van der Waals surface area contributed by atoms with Crippen LogP contribution in [0.2, 0.25) is 0 Å². The molecule has 0 aliphatic rings. The summed E-state index contributed by atoms with van der Waals surface area (Å²) in [5.74, 6) is 0.450. The molecule has 2 heterocycles. The van der Waals surface area contributed by atoms with Crippen LogP contribution in [0.5, 0.6) is 0 Å². The highest BCUT2D eigenvalue weighted by Gasteiger charge is 2.17. The molecule has 0 bridgehead atoms. The molecule has 6 nitrogen and oxygen atoms in total. The second kappa shape index (κ2) is 5.50. The number of hydrogen-bond acceptors (Lipinski definition) is 5. The van der Waals surface area contributed by atoms with Crippen molar-refractivity contribution in [1.29, 1.82) is 0 Å². The Labute approximate surface area is 114 Å². The van der Waals surface area contributed by atoms with Crippen molar-refractivity contribution in [2.75, 3.05) is 14.1 Å². The van der Waals surface area contributed by atoms with Gasteiger partial charge in [-0.1, -0.05) is 0 Å². The van der Waals surface area contributed by atoms with E-state index in [9.17, 15) is 9.59 Å². The van der Waals surface area contributed by atoms with Gasteiger partial charge in [0.2, 0.25) is 5.91 Å². The van der Waals surface area contributed by atoms with Crippen molar-refractivity contribution in [1.82, 2.24) is 20.2 Å². The number of nitrogens with one attached hydrogen (secondary N) is 2. The van der Waals surface area contributed by atoms with Gasteiger partial charge in [-0.25, -0.2) is 4.98 Å². The SMILES string of the molecule is CNC(C)C(=O)N(C)Cc1nc2ccsc2c(=O)[nH]1. The smallest absolute Gasteiger partial charge is 0.268 e. The van der Waals surface area contributed by atoms with E-state index in [1.54, 1.807) is 27.1 Å². The summed E-state index contributed by atoms with van der Waals surface area (Å²) in [6.45, 7) is 2.07. The van der Waals surface area contributed by atoms with Crippen LogP contribution in [0.1, 0.15) is 12.7 Å². The fourth-order valence-electron chi connectivity index (χ4n) is 1.75. The molecule has 2 rings (SSSR count). The molecule has 2 N–H and O–H groups in total. The number of amides is 1. The summed E-state index contributed by atoms with van der Waals surface area (Å²) in [4.78, 5) is 32.3. The third-order valence-corrected chi connectivity index (χ3v) is 3.83. The van der Waals surface area contributed by atoms with Crippen LogP contribution in [0, 0.1) is 0 Å². The van der Waals surface area contributed by atoms with Crippen LogP contribution in [0.25, 0.3) is 10.2 Å². The predicted molar refractivity (Wildman–Crippen MR) is 75.2 cm³/mol. The molecule has 0 fully saturated rings. The minimum atomic E-state index is -0.262. The first-order chi connectivity index (χ1) is 9.02. The normalized spacial score (nSPS) is 12.6. The Bertz CT molecular complexity index is 648. The fraction of sp³-hybridized carbons (Fsp3) is 0.417. The van der Waals surface area contributed by atoms with Crippen LogP contribution in [-0.4, -0.2) is 40.9 Å². The number of carbonyl (C=O) groups excluding carboxylic acids is 1. The minimum Gasteiger partial charge on any atom is -0.337 e. The Morgan fingerprint density at radius 1 is 1.63 bits per heavy atom. The monoisotopic (exact) mass is 280 g/mol. The molecular formula is C12H16N4O2S. The summed E-state index contributed by atoms with van der Waals surface area (Å²) in [7, 11) is 3.42. The van der Waals surface area contributed by atoms with Gasteiger partial charge in [0.1, 0.15) is 10.5 Å².